The van der Waals surface area contributed by atoms with Crippen LogP contribution in [0.25, 0.3) is 0 Å². The molecular weight excluding hydrogens is 247 g/mol. The summed E-state index contributed by atoms with van der Waals surface area (Å²) in [6, 6.07) is 3.98. The quantitative estimate of drug-likeness (QED) is 0.856. The van der Waals surface area contributed by atoms with E-state index in [1.54, 1.807) is 0 Å². The van der Waals surface area contributed by atoms with Crippen molar-refractivity contribution in [1.82, 2.24) is 5.32 Å². The molecule has 0 saturated carbocycles. The van der Waals surface area contributed by atoms with Gasteiger partial charge in [-0.25, -0.2) is 0 Å². The van der Waals surface area contributed by atoms with E-state index in [1.807, 2.05) is 0 Å². The van der Waals surface area contributed by atoms with Crippen molar-refractivity contribution < 1.29 is 23.1 Å². The molecule has 3 nitrogen and oxygen atoms in total. The fraction of sp³-hybridized carbons (Fsp3) is 0.417. The number of hydrogen-bond acceptors (Lipinski definition) is 2. The van der Waals surface area contributed by atoms with Crippen molar-refractivity contribution in [2.45, 2.75) is 24.6 Å². The van der Waals surface area contributed by atoms with Gasteiger partial charge < -0.3 is 10.4 Å². The van der Waals surface area contributed by atoms with Crippen LogP contribution < -0.4 is 5.32 Å². The second kappa shape index (κ2) is 4.61. The molecule has 0 amide bonds. The van der Waals surface area contributed by atoms with Crippen LogP contribution in [0, 0.1) is 0 Å². The molecule has 0 aromatic heterocycles. The van der Waals surface area contributed by atoms with Gasteiger partial charge in [-0.15, -0.1) is 0 Å². The number of halogens is 3. The molecule has 0 bridgehead atoms. The van der Waals surface area contributed by atoms with Gasteiger partial charge in [0.2, 0.25) is 0 Å². The van der Waals surface area contributed by atoms with Crippen LogP contribution >= 0.6 is 0 Å². The van der Waals surface area contributed by atoms with Crippen molar-refractivity contribution >= 4 is 5.97 Å². The average Bonchev–Trinajstić information content (AvgIpc) is 2.77. The van der Waals surface area contributed by atoms with Crippen LogP contribution in [0.3, 0.4) is 0 Å². The molecule has 0 aliphatic carbocycles. The lowest BCUT2D eigenvalue weighted by Gasteiger charge is -2.16. The number of nitrogens with one attached hydrogen (secondary N) is 1. The molecule has 1 unspecified atom stereocenters. The SMILES string of the molecule is O=C(O)[C@H]1NCCC1c1ccc(C(F)(F)F)cc1. The van der Waals surface area contributed by atoms with Gasteiger partial charge in [-0.1, -0.05) is 12.1 Å². The normalized spacial score (nSPS) is 24.2. The number of aliphatic carboxylic acids is 1. The summed E-state index contributed by atoms with van der Waals surface area (Å²) in [5, 5.41) is 11.8. The van der Waals surface area contributed by atoms with Gasteiger partial charge in [0.05, 0.1) is 5.56 Å². The number of carboxylic acid groups (broad SMARTS) is 1. The lowest BCUT2D eigenvalue weighted by Crippen LogP contribution is -2.34. The smallest absolute Gasteiger partial charge is 0.416 e. The molecule has 0 spiro atoms. The van der Waals surface area contributed by atoms with Crippen molar-refractivity contribution in [1.29, 1.82) is 0 Å². The zero-order chi connectivity index (χ0) is 13.3. The highest BCUT2D eigenvalue weighted by Crippen LogP contribution is 2.32. The molecule has 2 atom stereocenters. The minimum absolute atomic E-state index is 0.273. The Morgan fingerprint density at radius 2 is 1.89 bits per heavy atom. The molecule has 1 saturated heterocycles. The first-order valence-corrected chi connectivity index (χ1v) is 5.53. The fourth-order valence-corrected chi connectivity index (χ4v) is 2.24. The first-order chi connectivity index (χ1) is 8.39. The molecule has 98 valence electrons. The monoisotopic (exact) mass is 259 g/mol. The van der Waals surface area contributed by atoms with Crippen LogP contribution in [0.15, 0.2) is 24.3 Å². The van der Waals surface area contributed by atoms with Gasteiger partial charge in [-0.3, -0.25) is 4.79 Å². The molecule has 1 aliphatic heterocycles. The number of carboxylic acids is 1. The molecule has 18 heavy (non-hydrogen) atoms. The fourth-order valence-electron chi connectivity index (χ4n) is 2.24. The van der Waals surface area contributed by atoms with E-state index in [0.717, 1.165) is 12.1 Å². The Labute approximate surface area is 102 Å². The molecule has 2 rings (SSSR count). The van der Waals surface area contributed by atoms with Crippen molar-refractivity contribution in [2.24, 2.45) is 0 Å². The highest BCUT2D eigenvalue weighted by atomic mass is 19.4. The third kappa shape index (κ3) is 2.48. The predicted octanol–water partition coefficient (Wildman–Crippen LogP) is 2.24. The van der Waals surface area contributed by atoms with Gasteiger partial charge >= 0.3 is 12.1 Å². The highest BCUT2D eigenvalue weighted by molar-refractivity contribution is 5.75. The molecule has 0 radical (unpaired) electrons. The lowest BCUT2D eigenvalue weighted by atomic mass is 9.91. The summed E-state index contributed by atoms with van der Waals surface area (Å²) >= 11 is 0. The number of carbonyl (C=O) groups is 1. The lowest BCUT2D eigenvalue weighted by molar-refractivity contribution is -0.139. The third-order valence-corrected chi connectivity index (χ3v) is 3.15. The molecule has 1 aliphatic rings. The van der Waals surface area contributed by atoms with E-state index in [1.165, 1.54) is 12.1 Å². The van der Waals surface area contributed by atoms with Crippen LogP contribution in [0.1, 0.15) is 23.5 Å². The number of alkyl halides is 3. The summed E-state index contributed by atoms with van der Waals surface area (Å²) in [6.07, 6.45) is -3.75. The number of benzene rings is 1. The highest BCUT2D eigenvalue weighted by Gasteiger charge is 2.35. The maximum atomic E-state index is 12.4. The van der Waals surface area contributed by atoms with Crippen LogP contribution in [-0.4, -0.2) is 23.7 Å². The molecule has 1 aromatic carbocycles. The van der Waals surface area contributed by atoms with E-state index < -0.39 is 23.8 Å². The Hall–Kier alpha value is -1.56. The molecule has 1 aromatic rings. The van der Waals surface area contributed by atoms with E-state index in [2.05, 4.69) is 5.32 Å². The van der Waals surface area contributed by atoms with Crippen LogP contribution in [0.2, 0.25) is 0 Å². The van der Waals surface area contributed by atoms with Crippen molar-refractivity contribution in [2.75, 3.05) is 6.54 Å². The van der Waals surface area contributed by atoms with Crippen molar-refractivity contribution in [3.63, 3.8) is 0 Å². The van der Waals surface area contributed by atoms with E-state index in [4.69, 9.17) is 5.11 Å². The van der Waals surface area contributed by atoms with Crippen LogP contribution in [0.5, 0.6) is 0 Å². The van der Waals surface area contributed by atoms with Crippen molar-refractivity contribution in [3.05, 3.63) is 35.4 Å². The van der Waals surface area contributed by atoms with Gasteiger partial charge in [0.15, 0.2) is 0 Å². The standard InChI is InChI=1S/C12H12F3NO2/c13-12(14,15)8-3-1-7(2-4-8)9-5-6-16-10(9)11(17)18/h1-4,9-10,16H,5-6H2,(H,17,18)/t9?,10-/m0/s1. The van der Waals surface area contributed by atoms with E-state index in [0.29, 0.717) is 18.5 Å². The summed E-state index contributed by atoms with van der Waals surface area (Å²) in [7, 11) is 0. The molecule has 6 heteroatoms. The van der Waals surface area contributed by atoms with Gasteiger partial charge in [0.1, 0.15) is 6.04 Å². The maximum absolute atomic E-state index is 12.4. The Morgan fingerprint density at radius 3 is 2.39 bits per heavy atom. The zero-order valence-electron chi connectivity index (χ0n) is 9.37. The van der Waals surface area contributed by atoms with E-state index in [9.17, 15) is 18.0 Å². The van der Waals surface area contributed by atoms with Crippen LogP contribution in [0.4, 0.5) is 13.2 Å². The summed E-state index contributed by atoms with van der Waals surface area (Å²) in [5.74, 6) is -1.25. The number of rotatable bonds is 2. The Balaban J connectivity index is 2.22. The van der Waals surface area contributed by atoms with Gasteiger partial charge in [0.25, 0.3) is 0 Å². The summed E-state index contributed by atoms with van der Waals surface area (Å²) < 4.78 is 37.2. The van der Waals surface area contributed by atoms with Gasteiger partial charge in [-0.2, -0.15) is 13.2 Å². The van der Waals surface area contributed by atoms with Crippen molar-refractivity contribution in [3.8, 4) is 0 Å². The van der Waals surface area contributed by atoms with Crippen LogP contribution in [-0.2, 0) is 11.0 Å². The molecule has 2 N–H and O–H groups in total. The van der Waals surface area contributed by atoms with E-state index >= 15 is 0 Å². The minimum atomic E-state index is -4.36. The zero-order valence-corrected chi connectivity index (χ0v) is 9.37. The molecule has 1 heterocycles. The minimum Gasteiger partial charge on any atom is -0.480 e. The largest absolute Gasteiger partial charge is 0.480 e. The molecular formula is C12H12F3NO2. The average molecular weight is 259 g/mol. The van der Waals surface area contributed by atoms with E-state index in [-0.39, 0.29) is 5.92 Å². The maximum Gasteiger partial charge on any atom is 0.416 e. The first kappa shape index (κ1) is 12.9. The Kier molecular flexibility index (Phi) is 3.30. The summed E-state index contributed by atoms with van der Waals surface area (Å²) in [4.78, 5) is 11.0. The van der Waals surface area contributed by atoms with Gasteiger partial charge in [0, 0.05) is 5.92 Å². The summed E-state index contributed by atoms with van der Waals surface area (Å²) in [6.45, 7) is 0.558. The molecule has 1 fully saturated rings. The predicted molar refractivity (Wildman–Crippen MR) is 58.2 cm³/mol. The first-order valence-electron chi connectivity index (χ1n) is 5.53. The Morgan fingerprint density at radius 1 is 1.28 bits per heavy atom. The Bertz CT molecular complexity index is 442. The second-order valence-electron chi connectivity index (χ2n) is 4.28. The third-order valence-electron chi connectivity index (χ3n) is 3.15. The summed E-state index contributed by atoms with van der Waals surface area (Å²) in [5.41, 5.74) is -0.0931. The second-order valence-corrected chi connectivity index (χ2v) is 4.28. The van der Waals surface area contributed by atoms with Gasteiger partial charge in [-0.05, 0) is 30.7 Å². The topological polar surface area (TPSA) is 49.3 Å². The number of hydrogen-bond donors (Lipinski definition) is 2.